The highest BCUT2D eigenvalue weighted by Gasteiger charge is 2.22. The lowest BCUT2D eigenvalue weighted by molar-refractivity contribution is -0.120. The smallest absolute Gasteiger partial charge is 0.267 e. The molecule has 3 aromatic rings. The number of rotatable bonds is 6. The third kappa shape index (κ3) is 4.68. The highest BCUT2D eigenvalue weighted by Crippen LogP contribution is 2.31. The molecule has 0 spiro atoms. The third-order valence-corrected chi connectivity index (χ3v) is 7.00. The summed E-state index contributed by atoms with van der Waals surface area (Å²) in [4.78, 5) is 32.4. The molecule has 1 amide bonds. The standard InChI is InChI=1S/C21H24ClN3O2S2/c1-11(2)10-23-18(26)14(5)29-21-24-19-17(12(3)13(4)28-19)20(27)25(21)16-8-6-15(22)7-9-16/h6-9,11,14H,10H2,1-5H3,(H,23,26). The van der Waals surface area contributed by atoms with Crippen LogP contribution in [0.5, 0.6) is 0 Å². The molecule has 0 fully saturated rings. The van der Waals surface area contributed by atoms with E-state index in [9.17, 15) is 9.59 Å². The zero-order valence-corrected chi connectivity index (χ0v) is 19.5. The zero-order chi connectivity index (χ0) is 21.3. The third-order valence-electron chi connectivity index (χ3n) is 4.59. The second-order valence-electron chi connectivity index (χ2n) is 7.37. The number of fused-ring (bicyclic) bond motifs is 1. The fourth-order valence-electron chi connectivity index (χ4n) is 2.83. The van der Waals surface area contributed by atoms with Gasteiger partial charge in [0, 0.05) is 16.4 Å². The second-order valence-corrected chi connectivity index (χ2v) is 10.3. The lowest BCUT2D eigenvalue weighted by Crippen LogP contribution is -2.34. The number of aromatic nitrogens is 2. The first-order chi connectivity index (χ1) is 13.7. The van der Waals surface area contributed by atoms with E-state index in [1.807, 2.05) is 34.6 Å². The quantitative estimate of drug-likeness (QED) is 0.426. The molecule has 2 heterocycles. The minimum absolute atomic E-state index is 0.0701. The Morgan fingerprint density at radius 3 is 2.52 bits per heavy atom. The molecule has 0 bridgehead atoms. The molecule has 1 N–H and O–H groups in total. The van der Waals surface area contributed by atoms with Gasteiger partial charge in [-0.25, -0.2) is 4.98 Å². The Bertz CT molecular complexity index is 1100. The molecule has 5 nitrogen and oxygen atoms in total. The number of nitrogens with zero attached hydrogens (tertiary/aromatic N) is 2. The second kappa shape index (κ2) is 8.90. The number of aryl methyl sites for hydroxylation is 2. The van der Waals surface area contributed by atoms with Crippen molar-refractivity contribution in [2.75, 3.05) is 6.54 Å². The van der Waals surface area contributed by atoms with Crippen molar-refractivity contribution in [3.05, 3.63) is 50.1 Å². The molecule has 0 aliphatic heterocycles. The maximum atomic E-state index is 13.4. The summed E-state index contributed by atoms with van der Waals surface area (Å²) in [6.07, 6.45) is 0. The van der Waals surface area contributed by atoms with Crippen LogP contribution >= 0.6 is 34.7 Å². The van der Waals surface area contributed by atoms with Crippen molar-refractivity contribution in [2.24, 2.45) is 5.92 Å². The average molecular weight is 450 g/mol. The first kappa shape index (κ1) is 21.9. The molecule has 0 aliphatic carbocycles. The van der Waals surface area contributed by atoms with Gasteiger partial charge in [0.05, 0.1) is 16.3 Å². The first-order valence-corrected chi connectivity index (χ1v) is 11.5. The molecule has 0 radical (unpaired) electrons. The Morgan fingerprint density at radius 1 is 1.24 bits per heavy atom. The number of thiophene rings is 1. The summed E-state index contributed by atoms with van der Waals surface area (Å²) in [5.74, 6) is 0.300. The summed E-state index contributed by atoms with van der Waals surface area (Å²) in [6, 6.07) is 7.07. The summed E-state index contributed by atoms with van der Waals surface area (Å²) in [7, 11) is 0. The van der Waals surface area contributed by atoms with Crippen LogP contribution in [0.2, 0.25) is 5.02 Å². The first-order valence-electron chi connectivity index (χ1n) is 9.42. The number of thioether (sulfide) groups is 1. The molecule has 29 heavy (non-hydrogen) atoms. The van der Waals surface area contributed by atoms with E-state index in [1.165, 1.54) is 23.1 Å². The van der Waals surface area contributed by atoms with Crippen molar-refractivity contribution in [2.45, 2.75) is 45.0 Å². The number of carbonyl (C=O) groups is 1. The van der Waals surface area contributed by atoms with Gasteiger partial charge in [-0.3, -0.25) is 14.2 Å². The summed E-state index contributed by atoms with van der Waals surface area (Å²) in [6.45, 7) is 10.5. The van der Waals surface area contributed by atoms with Gasteiger partial charge in [-0.15, -0.1) is 11.3 Å². The van der Waals surface area contributed by atoms with Crippen LogP contribution in [0.15, 0.2) is 34.2 Å². The van der Waals surface area contributed by atoms with Crippen molar-refractivity contribution >= 4 is 50.8 Å². The van der Waals surface area contributed by atoms with Gasteiger partial charge in [-0.05, 0) is 56.5 Å². The maximum absolute atomic E-state index is 13.4. The highest BCUT2D eigenvalue weighted by molar-refractivity contribution is 8.00. The van der Waals surface area contributed by atoms with Crippen LogP contribution in [0.4, 0.5) is 0 Å². The van der Waals surface area contributed by atoms with E-state index >= 15 is 0 Å². The van der Waals surface area contributed by atoms with Crippen molar-refractivity contribution in [3.8, 4) is 5.69 Å². The molecule has 1 aromatic carbocycles. The van der Waals surface area contributed by atoms with Crippen LogP contribution < -0.4 is 10.9 Å². The van der Waals surface area contributed by atoms with Gasteiger partial charge >= 0.3 is 0 Å². The zero-order valence-electron chi connectivity index (χ0n) is 17.1. The predicted molar refractivity (Wildman–Crippen MR) is 123 cm³/mol. The normalized spacial score (nSPS) is 12.5. The van der Waals surface area contributed by atoms with Crippen LogP contribution in [0, 0.1) is 19.8 Å². The number of amides is 1. The number of halogens is 1. The monoisotopic (exact) mass is 449 g/mol. The summed E-state index contributed by atoms with van der Waals surface area (Å²) in [5, 5.41) is 4.27. The maximum Gasteiger partial charge on any atom is 0.267 e. The Kier molecular flexibility index (Phi) is 6.71. The van der Waals surface area contributed by atoms with Gasteiger partial charge < -0.3 is 5.32 Å². The highest BCUT2D eigenvalue weighted by atomic mass is 35.5. The summed E-state index contributed by atoms with van der Waals surface area (Å²) in [5.41, 5.74) is 1.50. The molecule has 154 valence electrons. The number of carbonyl (C=O) groups excluding carboxylic acids is 1. The van der Waals surface area contributed by atoms with Crippen molar-refractivity contribution < 1.29 is 4.79 Å². The van der Waals surface area contributed by atoms with Crippen LogP contribution in [-0.2, 0) is 4.79 Å². The number of hydrogen-bond donors (Lipinski definition) is 1. The van der Waals surface area contributed by atoms with Crippen molar-refractivity contribution in [1.82, 2.24) is 14.9 Å². The average Bonchev–Trinajstić information content (AvgIpc) is 2.95. The molecule has 0 saturated heterocycles. The lowest BCUT2D eigenvalue weighted by Gasteiger charge is -2.16. The van der Waals surface area contributed by atoms with E-state index in [-0.39, 0.29) is 16.7 Å². The molecule has 1 unspecified atom stereocenters. The Balaban J connectivity index is 2.09. The van der Waals surface area contributed by atoms with E-state index in [2.05, 4.69) is 5.32 Å². The minimum Gasteiger partial charge on any atom is -0.355 e. The summed E-state index contributed by atoms with van der Waals surface area (Å²) < 4.78 is 1.58. The molecule has 2 aromatic heterocycles. The molecule has 3 rings (SSSR count). The molecule has 0 saturated carbocycles. The predicted octanol–water partition coefficient (Wildman–Crippen LogP) is 4.97. The van der Waals surface area contributed by atoms with E-state index in [4.69, 9.17) is 16.6 Å². The molecule has 8 heteroatoms. The van der Waals surface area contributed by atoms with Crippen molar-refractivity contribution in [1.29, 1.82) is 0 Å². The van der Waals surface area contributed by atoms with Gasteiger partial charge in [0.2, 0.25) is 5.91 Å². The SMILES string of the molecule is Cc1sc2nc(SC(C)C(=O)NCC(C)C)n(-c3ccc(Cl)cc3)c(=O)c2c1C. The van der Waals surface area contributed by atoms with Gasteiger partial charge in [0.25, 0.3) is 5.56 Å². The Labute approximate surface area is 183 Å². The number of nitrogens with one attached hydrogen (secondary N) is 1. The summed E-state index contributed by atoms with van der Waals surface area (Å²) >= 11 is 8.82. The number of hydrogen-bond acceptors (Lipinski definition) is 5. The largest absolute Gasteiger partial charge is 0.355 e. The van der Waals surface area contributed by atoms with E-state index in [0.717, 1.165) is 10.4 Å². The van der Waals surface area contributed by atoms with E-state index in [1.54, 1.807) is 28.8 Å². The van der Waals surface area contributed by atoms with Crippen LogP contribution in [0.1, 0.15) is 31.2 Å². The van der Waals surface area contributed by atoms with Crippen LogP contribution in [0.25, 0.3) is 15.9 Å². The fourth-order valence-corrected chi connectivity index (χ4v) is 4.98. The molecular formula is C21H24ClN3O2S2. The minimum atomic E-state index is -0.390. The molecule has 0 aliphatic rings. The Morgan fingerprint density at radius 2 is 1.90 bits per heavy atom. The van der Waals surface area contributed by atoms with Gasteiger partial charge in [0.15, 0.2) is 5.16 Å². The van der Waals surface area contributed by atoms with Crippen LogP contribution in [0.3, 0.4) is 0 Å². The fraction of sp³-hybridized carbons (Fsp3) is 0.381. The van der Waals surface area contributed by atoms with Gasteiger partial charge in [-0.2, -0.15) is 0 Å². The van der Waals surface area contributed by atoms with Crippen LogP contribution in [-0.4, -0.2) is 27.3 Å². The molecular weight excluding hydrogens is 426 g/mol. The van der Waals surface area contributed by atoms with E-state index in [0.29, 0.717) is 38.5 Å². The van der Waals surface area contributed by atoms with E-state index < -0.39 is 0 Å². The number of benzene rings is 1. The lowest BCUT2D eigenvalue weighted by atomic mass is 10.2. The van der Waals surface area contributed by atoms with Gasteiger partial charge in [0.1, 0.15) is 4.83 Å². The van der Waals surface area contributed by atoms with Gasteiger partial charge in [-0.1, -0.05) is 37.2 Å². The molecule has 1 atom stereocenters. The Hall–Kier alpha value is -1.83. The topological polar surface area (TPSA) is 64.0 Å². The van der Waals surface area contributed by atoms with Crippen molar-refractivity contribution in [3.63, 3.8) is 0 Å².